The molecule has 1 aromatic carbocycles. The Labute approximate surface area is 114 Å². The molecule has 0 bridgehead atoms. The molecule has 4 heteroatoms. The lowest BCUT2D eigenvalue weighted by Gasteiger charge is -2.36. The molecule has 0 radical (unpaired) electrons. The normalized spacial score (nSPS) is 20.5. The predicted molar refractivity (Wildman–Crippen MR) is 74.9 cm³/mol. The highest BCUT2D eigenvalue weighted by Gasteiger charge is 2.22. The van der Waals surface area contributed by atoms with Crippen molar-refractivity contribution in [2.24, 2.45) is 0 Å². The fourth-order valence-corrected chi connectivity index (χ4v) is 2.63. The molecule has 1 unspecified atom stereocenters. The lowest BCUT2D eigenvalue weighted by Crippen LogP contribution is -2.50. The molecule has 0 saturated carbocycles. The lowest BCUT2D eigenvalue weighted by atomic mass is 10.1. The summed E-state index contributed by atoms with van der Waals surface area (Å²) in [6.45, 7) is 5.85. The van der Waals surface area contributed by atoms with Gasteiger partial charge in [-0.3, -0.25) is 4.90 Å². The molecule has 0 amide bonds. The summed E-state index contributed by atoms with van der Waals surface area (Å²) < 4.78 is 19.0. The highest BCUT2D eigenvalue weighted by Crippen LogP contribution is 2.20. The molecule has 1 heterocycles. The predicted octanol–water partition coefficient (Wildman–Crippen LogP) is 2.41. The molecule has 2 rings (SSSR count). The number of rotatable bonds is 5. The number of methoxy groups -OCH3 is 1. The van der Waals surface area contributed by atoms with E-state index < -0.39 is 0 Å². The summed E-state index contributed by atoms with van der Waals surface area (Å²) in [6, 6.07) is 5.64. The van der Waals surface area contributed by atoms with Gasteiger partial charge in [-0.05, 0) is 12.5 Å². The van der Waals surface area contributed by atoms with Crippen molar-refractivity contribution < 1.29 is 9.13 Å². The van der Waals surface area contributed by atoms with Gasteiger partial charge in [0.25, 0.3) is 0 Å². The van der Waals surface area contributed by atoms with Crippen molar-refractivity contribution in [1.29, 1.82) is 0 Å². The molecule has 1 N–H and O–H groups in total. The van der Waals surface area contributed by atoms with Crippen LogP contribution in [0.2, 0.25) is 0 Å². The third kappa shape index (κ3) is 3.67. The number of hydrogen-bond acceptors (Lipinski definition) is 3. The van der Waals surface area contributed by atoms with Gasteiger partial charge in [0, 0.05) is 43.9 Å². The van der Waals surface area contributed by atoms with Crippen LogP contribution in [0.5, 0.6) is 5.75 Å². The molecule has 1 atom stereocenters. The molecule has 1 fully saturated rings. The van der Waals surface area contributed by atoms with Gasteiger partial charge in [0.05, 0.1) is 7.11 Å². The maximum atomic E-state index is 14.0. The van der Waals surface area contributed by atoms with Gasteiger partial charge in [0.2, 0.25) is 0 Å². The third-order valence-electron chi connectivity index (χ3n) is 3.73. The number of nitrogens with one attached hydrogen (secondary N) is 1. The van der Waals surface area contributed by atoms with Gasteiger partial charge in [-0.1, -0.05) is 19.4 Å². The number of piperazine rings is 1. The molecule has 0 spiro atoms. The molecule has 1 aromatic rings. The van der Waals surface area contributed by atoms with E-state index in [0.717, 1.165) is 38.0 Å². The van der Waals surface area contributed by atoms with Crippen LogP contribution >= 0.6 is 0 Å². The van der Waals surface area contributed by atoms with Crippen LogP contribution in [0.15, 0.2) is 18.2 Å². The number of ether oxygens (including phenoxy) is 1. The number of halogens is 1. The molecule has 1 aliphatic heterocycles. The van der Waals surface area contributed by atoms with Crippen molar-refractivity contribution in [3.8, 4) is 5.75 Å². The molecule has 1 aliphatic rings. The molecule has 106 valence electrons. The topological polar surface area (TPSA) is 24.5 Å². The maximum absolute atomic E-state index is 14.0. The summed E-state index contributed by atoms with van der Waals surface area (Å²) in [7, 11) is 1.56. The van der Waals surface area contributed by atoms with Crippen molar-refractivity contribution in [2.75, 3.05) is 26.7 Å². The zero-order valence-corrected chi connectivity index (χ0v) is 11.8. The minimum Gasteiger partial charge on any atom is -0.497 e. The average Bonchev–Trinajstić information content (AvgIpc) is 2.43. The van der Waals surface area contributed by atoms with E-state index in [1.165, 1.54) is 6.07 Å². The van der Waals surface area contributed by atoms with Crippen LogP contribution in [0, 0.1) is 5.82 Å². The molecular weight excluding hydrogens is 243 g/mol. The molecule has 3 nitrogen and oxygen atoms in total. The Balaban J connectivity index is 2.06. The summed E-state index contributed by atoms with van der Waals surface area (Å²) in [6.07, 6.45) is 2.32. The van der Waals surface area contributed by atoms with Crippen LogP contribution in [0.25, 0.3) is 0 Å². The van der Waals surface area contributed by atoms with Crippen LogP contribution < -0.4 is 10.1 Å². The first-order valence-electron chi connectivity index (χ1n) is 7.01. The second kappa shape index (κ2) is 6.87. The highest BCUT2D eigenvalue weighted by molar-refractivity contribution is 5.28. The van der Waals surface area contributed by atoms with Gasteiger partial charge in [-0.25, -0.2) is 4.39 Å². The minimum atomic E-state index is -0.173. The number of benzene rings is 1. The molecule has 0 aliphatic carbocycles. The van der Waals surface area contributed by atoms with Crippen LogP contribution in [-0.4, -0.2) is 37.7 Å². The SMILES string of the molecule is CCCC1CNCCN1Cc1ccc(OC)cc1F. The van der Waals surface area contributed by atoms with E-state index >= 15 is 0 Å². The van der Waals surface area contributed by atoms with Gasteiger partial charge in [-0.15, -0.1) is 0 Å². The maximum Gasteiger partial charge on any atom is 0.131 e. The summed E-state index contributed by atoms with van der Waals surface area (Å²) >= 11 is 0. The van der Waals surface area contributed by atoms with Crippen LogP contribution in [0.3, 0.4) is 0 Å². The highest BCUT2D eigenvalue weighted by atomic mass is 19.1. The van der Waals surface area contributed by atoms with Gasteiger partial charge in [-0.2, -0.15) is 0 Å². The van der Waals surface area contributed by atoms with E-state index in [2.05, 4.69) is 17.1 Å². The second-order valence-electron chi connectivity index (χ2n) is 5.07. The summed E-state index contributed by atoms with van der Waals surface area (Å²) in [4.78, 5) is 2.38. The summed E-state index contributed by atoms with van der Waals surface area (Å²) in [5, 5.41) is 3.41. The molecule has 19 heavy (non-hydrogen) atoms. The van der Waals surface area contributed by atoms with E-state index in [4.69, 9.17) is 4.74 Å². The first-order valence-corrected chi connectivity index (χ1v) is 7.01. The average molecular weight is 266 g/mol. The second-order valence-corrected chi connectivity index (χ2v) is 5.07. The monoisotopic (exact) mass is 266 g/mol. The van der Waals surface area contributed by atoms with E-state index in [9.17, 15) is 4.39 Å². The van der Waals surface area contributed by atoms with E-state index in [1.54, 1.807) is 7.11 Å². The standard InChI is InChI=1S/C15H23FN2O/c1-3-4-13-10-17-7-8-18(13)11-12-5-6-14(19-2)9-15(12)16/h5-6,9,13,17H,3-4,7-8,10-11H2,1-2H3. The quantitative estimate of drug-likeness (QED) is 0.885. The summed E-state index contributed by atoms with van der Waals surface area (Å²) in [5.41, 5.74) is 0.754. The lowest BCUT2D eigenvalue weighted by molar-refractivity contribution is 0.142. The molecular formula is C15H23FN2O. The fourth-order valence-electron chi connectivity index (χ4n) is 2.63. The van der Waals surface area contributed by atoms with E-state index in [-0.39, 0.29) is 5.82 Å². The first-order chi connectivity index (χ1) is 9.24. The van der Waals surface area contributed by atoms with Crippen molar-refractivity contribution in [3.63, 3.8) is 0 Å². The largest absolute Gasteiger partial charge is 0.497 e. The Morgan fingerprint density at radius 1 is 1.47 bits per heavy atom. The number of nitrogens with zero attached hydrogens (tertiary/aromatic N) is 1. The van der Waals surface area contributed by atoms with Gasteiger partial charge >= 0.3 is 0 Å². The smallest absolute Gasteiger partial charge is 0.131 e. The van der Waals surface area contributed by atoms with Crippen LogP contribution in [0.4, 0.5) is 4.39 Å². The Morgan fingerprint density at radius 2 is 2.32 bits per heavy atom. The minimum absolute atomic E-state index is 0.173. The van der Waals surface area contributed by atoms with E-state index in [1.807, 2.05) is 12.1 Å². The Hall–Kier alpha value is -1.13. The first kappa shape index (κ1) is 14.3. The zero-order valence-electron chi connectivity index (χ0n) is 11.8. The summed E-state index contributed by atoms with van der Waals surface area (Å²) in [5.74, 6) is 0.403. The van der Waals surface area contributed by atoms with Crippen LogP contribution in [0.1, 0.15) is 25.3 Å². The Morgan fingerprint density at radius 3 is 3.00 bits per heavy atom. The zero-order chi connectivity index (χ0) is 13.7. The number of hydrogen-bond donors (Lipinski definition) is 1. The third-order valence-corrected chi connectivity index (χ3v) is 3.73. The van der Waals surface area contributed by atoms with Gasteiger partial charge in [0.15, 0.2) is 0 Å². The van der Waals surface area contributed by atoms with Crippen molar-refractivity contribution in [1.82, 2.24) is 10.2 Å². The Bertz CT molecular complexity index is 409. The van der Waals surface area contributed by atoms with Crippen LogP contribution in [-0.2, 0) is 6.54 Å². The van der Waals surface area contributed by atoms with Gasteiger partial charge < -0.3 is 10.1 Å². The Kier molecular flexibility index (Phi) is 5.16. The fraction of sp³-hybridized carbons (Fsp3) is 0.600. The van der Waals surface area contributed by atoms with Gasteiger partial charge in [0.1, 0.15) is 11.6 Å². The van der Waals surface area contributed by atoms with Crippen molar-refractivity contribution in [2.45, 2.75) is 32.4 Å². The van der Waals surface area contributed by atoms with E-state index in [0.29, 0.717) is 18.3 Å². The molecule has 0 aromatic heterocycles. The van der Waals surface area contributed by atoms with Crippen molar-refractivity contribution >= 4 is 0 Å². The van der Waals surface area contributed by atoms with Crippen molar-refractivity contribution in [3.05, 3.63) is 29.6 Å². The molecule has 1 saturated heterocycles.